The van der Waals surface area contributed by atoms with E-state index < -0.39 is 0 Å². The van der Waals surface area contributed by atoms with Crippen LogP contribution in [-0.2, 0) is 9.53 Å². The summed E-state index contributed by atoms with van der Waals surface area (Å²) in [6, 6.07) is 0. The largest absolute Gasteiger partial charge is 0.385 e. The summed E-state index contributed by atoms with van der Waals surface area (Å²) >= 11 is 0. The Morgan fingerprint density at radius 3 is 2.68 bits per heavy atom. The topological polar surface area (TPSA) is 41.6 Å². The molecule has 108 valence electrons. The minimum atomic E-state index is -0.144. The molecule has 1 heterocycles. The molecule has 2 aliphatic carbocycles. The van der Waals surface area contributed by atoms with Gasteiger partial charge in [0.2, 0.25) is 5.91 Å². The minimum absolute atomic E-state index is 0.144. The van der Waals surface area contributed by atoms with Gasteiger partial charge in [-0.05, 0) is 44.4 Å². The third-order valence-corrected chi connectivity index (χ3v) is 5.02. The van der Waals surface area contributed by atoms with E-state index in [-0.39, 0.29) is 5.54 Å². The van der Waals surface area contributed by atoms with E-state index in [1.165, 1.54) is 25.7 Å². The highest BCUT2D eigenvalue weighted by Gasteiger charge is 2.60. The molecule has 1 saturated heterocycles. The van der Waals surface area contributed by atoms with Crippen molar-refractivity contribution in [2.45, 2.75) is 63.1 Å². The number of unbranched alkanes of at least 4 members (excludes halogenated alkanes) is 1. The molecule has 3 aliphatic rings. The highest BCUT2D eigenvalue weighted by molar-refractivity contribution is 5.91. The Morgan fingerprint density at radius 1 is 1.32 bits per heavy atom. The Labute approximate surface area is 115 Å². The van der Waals surface area contributed by atoms with Crippen molar-refractivity contribution in [2.24, 2.45) is 5.92 Å². The van der Waals surface area contributed by atoms with E-state index in [2.05, 4.69) is 10.2 Å². The fourth-order valence-electron chi connectivity index (χ4n) is 3.72. The first-order valence-corrected chi connectivity index (χ1v) is 7.84. The number of methoxy groups -OCH3 is 1. The van der Waals surface area contributed by atoms with Crippen LogP contribution >= 0.6 is 0 Å². The smallest absolute Gasteiger partial charge is 0.244 e. The van der Waals surface area contributed by atoms with Gasteiger partial charge in [0.1, 0.15) is 0 Å². The summed E-state index contributed by atoms with van der Waals surface area (Å²) in [4.78, 5) is 14.7. The molecule has 1 N–H and O–H groups in total. The molecule has 1 spiro atoms. The summed E-state index contributed by atoms with van der Waals surface area (Å²) in [5.74, 6) is 1.06. The number of carbonyl (C=O) groups is 1. The molecular weight excluding hydrogens is 240 g/mol. The monoisotopic (exact) mass is 266 g/mol. The third kappa shape index (κ3) is 2.52. The Kier molecular flexibility index (Phi) is 3.81. The maximum absolute atomic E-state index is 12.6. The van der Waals surface area contributed by atoms with Gasteiger partial charge in [0.15, 0.2) is 0 Å². The summed E-state index contributed by atoms with van der Waals surface area (Å²) in [5, 5.41) is 3.67. The lowest BCUT2D eigenvalue weighted by Gasteiger charge is -2.29. The van der Waals surface area contributed by atoms with E-state index in [1.807, 2.05) is 0 Å². The van der Waals surface area contributed by atoms with Crippen molar-refractivity contribution >= 4 is 5.91 Å². The summed E-state index contributed by atoms with van der Waals surface area (Å²) in [5.41, 5.74) is -0.144. The fraction of sp³-hybridized carbons (Fsp3) is 0.933. The van der Waals surface area contributed by atoms with E-state index in [4.69, 9.17) is 4.74 Å². The highest BCUT2D eigenvalue weighted by atomic mass is 16.5. The normalized spacial score (nSPS) is 29.6. The number of carbonyl (C=O) groups excluding carboxylic acids is 1. The average Bonchev–Trinajstić information content (AvgIpc) is 2.89. The quantitative estimate of drug-likeness (QED) is 0.747. The highest BCUT2D eigenvalue weighted by Crippen LogP contribution is 2.45. The molecule has 3 fully saturated rings. The first kappa shape index (κ1) is 13.4. The molecule has 1 unspecified atom stereocenters. The maximum Gasteiger partial charge on any atom is 0.244 e. The number of nitrogens with one attached hydrogen (secondary N) is 1. The number of nitrogens with zero attached hydrogens (tertiary/aromatic N) is 1. The molecule has 0 aromatic heterocycles. The van der Waals surface area contributed by atoms with Gasteiger partial charge in [-0.1, -0.05) is 12.8 Å². The van der Waals surface area contributed by atoms with Crippen LogP contribution in [0, 0.1) is 5.92 Å². The Hall–Kier alpha value is -0.610. The van der Waals surface area contributed by atoms with Gasteiger partial charge in [0.05, 0.1) is 11.7 Å². The molecule has 1 aliphatic heterocycles. The van der Waals surface area contributed by atoms with Crippen molar-refractivity contribution in [3.05, 3.63) is 0 Å². The molecule has 4 nitrogen and oxygen atoms in total. The number of amides is 1. The van der Waals surface area contributed by atoms with E-state index in [9.17, 15) is 4.79 Å². The van der Waals surface area contributed by atoms with Crippen LogP contribution in [0.1, 0.15) is 51.4 Å². The summed E-state index contributed by atoms with van der Waals surface area (Å²) in [6.45, 7) is 1.70. The molecule has 0 radical (unpaired) electrons. The van der Waals surface area contributed by atoms with Crippen molar-refractivity contribution in [2.75, 3.05) is 20.3 Å². The molecule has 1 atom stereocenters. The van der Waals surface area contributed by atoms with Gasteiger partial charge < -0.3 is 9.64 Å². The SMILES string of the molecule is COCCCCN1C(=O)C2(CC2)NC1C1CCCC1. The zero-order valence-electron chi connectivity index (χ0n) is 12.0. The summed E-state index contributed by atoms with van der Waals surface area (Å²) in [6.07, 6.45) is 9.76. The average molecular weight is 266 g/mol. The van der Waals surface area contributed by atoms with Crippen molar-refractivity contribution in [1.82, 2.24) is 10.2 Å². The molecule has 4 heteroatoms. The number of ether oxygens (including phenoxy) is 1. The molecule has 1 amide bonds. The van der Waals surface area contributed by atoms with Gasteiger partial charge >= 0.3 is 0 Å². The van der Waals surface area contributed by atoms with Gasteiger partial charge in [0.25, 0.3) is 0 Å². The molecule has 0 aromatic carbocycles. The number of rotatable bonds is 6. The number of hydrogen-bond acceptors (Lipinski definition) is 3. The Balaban J connectivity index is 1.61. The van der Waals surface area contributed by atoms with Crippen molar-refractivity contribution in [1.29, 1.82) is 0 Å². The lowest BCUT2D eigenvalue weighted by molar-refractivity contribution is -0.131. The van der Waals surface area contributed by atoms with E-state index in [0.717, 1.165) is 38.8 Å². The second-order valence-corrected chi connectivity index (χ2v) is 6.41. The lowest BCUT2D eigenvalue weighted by Crippen LogP contribution is -2.43. The van der Waals surface area contributed by atoms with Gasteiger partial charge in [-0.25, -0.2) is 0 Å². The van der Waals surface area contributed by atoms with E-state index in [0.29, 0.717) is 18.0 Å². The van der Waals surface area contributed by atoms with Gasteiger partial charge in [-0.15, -0.1) is 0 Å². The third-order valence-electron chi connectivity index (χ3n) is 5.02. The molecular formula is C15H26N2O2. The van der Waals surface area contributed by atoms with E-state index in [1.54, 1.807) is 7.11 Å². The predicted octanol–water partition coefficient (Wildman–Crippen LogP) is 1.89. The zero-order chi connectivity index (χ0) is 13.3. The van der Waals surface area contributed by atoms with Crippen LogP contribution in [0.25, 0.3) is 0 Å². The van der Waals surface area contributed by atoms with Gasteiger partial charge in [-0.2, -0.15) is 0 Å². The predicted molar refractivity (Wildman–Crippen MR) is 73.7 cm³/mol. The van der Waals surface area contributed by atoms with Crippen LogP contribution in [0.15, 0.2) is 0 Å². The second kappa shape index (κ2) is 5.41. The van der Waals surface area contributed by atoms with Crippen LogP contribution in [0.5, 0.6) is 0 Å². The molecule has 19 heavy (non-hydrogen) atoms. The summed E-state index contributed by atoms with van der Waals surface area (Å²) < 4.78 is 5.09. The molecule has 0 aromatic rings. The van der Waals surface area contributed by atoms with Crippen LogP contribution in [0.2, 0.25) is 0 Å². The lowest BCUT2D eigenvalue weighted by atomic mass is 10.0. The van der Waals surface area contributed by atoms with Crippen LogP contribution in [-0.4, -0.2) is 42.8 Å². The van der Waals surface area contributed by atoms with Crippen LogP contribution < -0.4 is 5.32 Å². The zero-order valence-corrected chi connectivity index (χ0v) is 12.0. The van der Waals surface area contributed by atoms with Crippen molar-refractivity contribution < 1.29 is 9.53 Å². The summed E-state index contributed by atoms with van der Waals surface area (Å²) in [7, 11) is 1.74. The molecule has 2 saturated carbocycles. The van der Waals surface area contributed by atoms with Gasteiger partial charge in [-0.3, -0.25) is 10.1 Å². The van der Waals surface area contributed by atoms with Crippen LogP contribution in [0.3, 0.4) is 0 Å². The minimum Gasteiger partial charge on any atom is -0.385 e. The molecule has 0 bridgehead atoms. The first-order chi connectivity index (χ1) is 9.27. The van der Waals surface area contributed by atoms with Crippen LogP contribution in [0.4, 0.5) is 0 Å². The van der Waals surface area contributed by atoms with Crippen molar-refractivity contribution in [3.63, 3.8) is 0 Å². The second-order valence-electron chi connectivity index (χ2n) is 6.41. The maximum atomic E-state index is 12.6. The molecule has 3 rings (SSSR count). The number of hydrogen-bond donors (Lipinski definition) is 1. The Bertz CT molecular complexity index is 335. The first-order valence-electron chi connectivity index (χ1n) is 7.84. The van der Waals surface area contributed by atoms with Crippen molar-refractivity contribution in [3.8, 4) is 0 Å². The standard InChI is InChI=1S/C15H26N2O2/c1-19-11-5-4-10-17-13(12-6-2-3-7-12)16-15(8-9-15)14(17)18/h12-13,16H,2-11H2,1H3. The Morgan fingerprint density at radius 2 is 2.05 bits per heavy atom. The van der Waals surface area contributed by atoms with E-state index >= 15 is 0 Å². The fourth-order valence-corrected chi connectivity index (χ4v) is 3.72. The van der Waals surface area contributed by atoms with Gasteiger partial charge in [0, 0.05) is 20.3 Å².